The number of nitro groups is 1. The highest BCUT2D eigenvalue weighted by atomic mass is 35.5. The molecule has 0 N–H and O–H groups in total. The van der Waals surface area contributed by atoms with Crippen molar-refractivity contribution in [2.45, 2.75) is 0 Å². The van der Waals surface area contributed by atoms with E-state index in [1.54, 1.807) is 0 Å². The summed E-state index contributed by atoms with van der Waals surface area (Å²) in [5, 5.41) is 30.8. The van der Waals surface area contributed by atoms with Crippen molar-refractivity contribution in [3.05, 3.63) is 36.5 Å². The molecule has 0 aliphatic carbocycles. The molecule has 0 aliphatic rings. The molecule has 0 bridgehead atoms. The van der Waals surface area contributed by atoms with Crippen LogP contribution < -0.4 is 5.56 Å². The van der Waals surface area contributed by atoms with Gasteiger partial charge in [-0.25, -0.2) is 5.87 Å². The summed E-state index contributed by atoms with van der Waals surface area (Å²) in [6.07, 6.45) is 0. The van der Waals surface area contributed by atoms with Crippen molar-refractivity contribution in [2.24, 2.45) is 7.05 Å². The molecule has 1 heterocycles. The van der Waals surface area contributed by atoms with Crippen LogP contribution in [-0.2, 0) is 7.05 Å². The summed E-state index contributed by atoms with van der Waals surface area (Å²) in [6.45, 7) is 0. The van der Waals surface area contributed by atoms with Crippen molar-refractivity contribution >= 4 is 28.9 Å². The number of nitrogens with zero attached hydrogens (tertiary/aromatic N) is 5. The summed E-state index contributed by atoms with van der Waals surface area (Å²) in [6, 6.07) is 1.43. The fraction of sp³-hybridized carbons (Fsp3) is 0.125. The highest BCUT2D eigenvalue weighted by Gasteiger charge is 2.26. The molecule has 0 saturated heterocycles. The van der Waals surface area contributed by atoms with Crippen molar-refractivity contribution in [1.29, 1.82) is 5.26 Å². The van der Waals surface area contributed by atoms with E-state index in [9.17, 15) is 14.9 Å². The number of hydrogen-bond donors (Lipinski definition) is 0. The van der Waals surface area contributed by atoms with Gasteiger partial charge in [0.25, 0.3) is 0 Å². The fourth-order valence-electron chi connectivity index (χ4n) is 1.07. The summed E-state index contributed by atoms with van der Waals surface area (Å²) in [5.41, 5.74) is -2.01. The third kappa shape index (κ3) is 2.06. The van der Waals surface area contributed by atoms with Gasteiger partial charge >= 0.3 is 11.4 Å². The van der Waals surface area contributed by atoms with Crippen LogP contribution in [-0.4, -0.2) is 20.6 Å². The van der Waals surface area contributed by atoms with Gasteiger partial charge in [-0.1, -0.05) is 11.6 Å². The number of nitriles is 1. The first-order valence-corrected chi connectivity index (χ1v) is 4.40. The smallest absolute Gasteiger partial charge is 0.399 e. The normalized spacial score (nSPS) is 9.24. The Morgan fingerprint density at radius 2 is 2.29 bits per heavy atom. The van der Waals surface area contributed by atoms with Gasteiger partial charge in [0, 0.05) is 0 Å². The predicted molar refractivity (Wildman–Crippen MR) is 58.5 cm³/mol. The van der Waals surface area contributed by atoms with E-state index in [1.165, 1.54) is 19.0 Å². The van der Waals surface area contributed by atoms with Crippen molar-refractivity contribution < 1.29 is 4.92 Å². The summed E-state index contributed by atoms with van der Waals surface area (Å²) in [4.78, 5) is 21.2. The summed E-state index contributed by atoms with van der Waals surface area (Å²) >= 11 is 5.60. The second kappa shape index (κ2) is 4.57. The molecule has 0 radical (unpaired) electrons. The highest BCUT2D eigenvalue weighted by molar-refractivity contribution is 6.33. The lowest BCUT2D eigenvalue weighted by Crippen LogP contribution is -2.23. The van der Waals surface area contributed by atoms with Crippen LogP contribution in [0, 0.1) is 21.4 Å². The number of halogens is 1. The molecule has 1 aromatic heterocycles. The third-order valence-corrected chi connectivity index (χ3v) is 2.17. The topological polar surface area (TPSA) is 124 Å². The number of aromatic nitrogens is 2. The van der Waals surface area contributed by atoms with Crippen LogP contribution in [0.5, 0.6) is 0 Å². The number of aryl methyl sites for hydroxylation is 1. The van der Waals surface area contributed by atoms with E-state index in [4.69, 9.17) is 22.3 Å². The average molecular weight is 253 g/mol. The van der Waals surface area contributed by atoms with Gasteiger partial charge in [0.15, 0.2) is 0 Å². The molecule has 0 fully saturated rings. The maximum Gasteiger partial charge on any atom is 0.399 e. The first-order chi connectivity index (χ1) is 7.93. The molecule has 0 atom stereocenters. The molecule has 0 spiro atoms. The average Bonchev–Trinajstić information content (AvgIpc) is 2.29. The van der Waals surface area contributed by atoms with Gasteiger partial charge in [-0.2, -0.15) is 5.26 Å². The van der Waals surface area contributed by atoms with Gasteiger partial charge in [-0.15, -0.1) is 4.68 Å². The van der Waals surface area contributed by atoms with Crippen LogP contribution in [0.25, 0.3) is 11.0 Å². The van der Waals surface area contributed by atoms with E-state index in [2.05, 4.69) is 5.10 Å². The Hall–Kier alpha value is -2.49. The molecule has 86 valence electrons. The van der Waals surface area contributed by atoms with E-state index in [-0.39, 0.29) is 0 Å². The molecule has 17 heavy (non-hydrogen) atoms. The summed E-state index contributed by atoms with van der Waals surface area (Å²) in [5.74, 6) is 0.619. The first kappa shape index (κ1) is 12.6. The van der Waals surface area contributed by atoms with Crippen LogP contribution in [0.1, 0.15) is 5.56 Å². The fourth-order valence-corrected chi connectivity index (χ4v) is 1.37. The van der Waals surface area contributed by atoms with Crippen molar-refractivity contribution in [1.82, 2.24) is 9.78 Å². The molecule has 8 nitrogen and oxygen atoms in total. The Morgan fingerprint density at radius 1 is 1.71 bits per heavy atom. The van der Waals surface area contributed by atoms with Crippen LogP contribution in [0.2, 0.25) is 5.02 Å². The zero-order chi connectivity index (χ0) is 13.2. The van der Waals surface area contributed by atoms with E-state index < -0.39 is 32.5 Å². The minimum Gasteiger partial charge on any atom is -0.762 e. The molecular weight excluding hydrogens is 250 g/mol. The third-order valence-electron chi connectivity index (χ3n) is 1.82. The number of allylic oxidation sites excluding steroid dienone is 1. The van der Waals surface area contributed by atoms with Gasteiger partial charge in [0.1, 0.15) is 16.7 Å². The van der Waals surface area contributed by atoms with E-state index in [0.717, 1.165) is 0 Å². The second-order valence-corrected chi connectivity index (χ2v) is 3.18. The standard InChI is InChI=1S/C8H3ClN5O3/c1-13-8(15)6(9)5(4(2-10)3-11)7(12-13)14(16)17/h1H3/q-1. The Balaban J connectivity index is 3.88. The van der Waals surface area contributed by atoms with Gasteiger partial charge in [-0.05, 0) is 4.92 Å². The SMILES string of the molecule is Cn1nc([N+](=O)[O-])c(C(=C=[N-])C#N)c(Cl)c1=O. The van der Waals surface area contributed by atoms with Gasteiger partial charge in [0.05, 0.1) is 17.7 Å². The lowest BCUT2D eigenvalue weighted by Gasteiger charge is -2.03. The zero-order valence-corrected chi connectivity index (χ0v) is 9.09. The monoisotopic (exact) mass is 252 g/mol. The lowest BCUT2D eigenvalue weighted by atomic mass is 10.1. The molecule has 1 aromatic rings. The molecule has 1 rings (SSSR count). The minimum atomic E-state index is -0.921. The Morgan fingerprint density at radius 3 is 2.71 bits per heavy atom. The number of hydrogen-bond acceptors (Lipinski definition) is 5. The lowest BCUT2D eigenvalue weighted by molar-refractivity contribution is -0.390. The van der Waals surface area contributed by atoms with Gasteiger partial charge in [0.2, 0.25) is 0 Å². The summed E-state index contributed by atoms with van der Waals surface area (Å²) in [7, 11) is 1.17. The van der Waals surface area contributed by atoms with E-state index in [1.807, 2.05) is 0 Å². The zero-order valence-electron chi connectivity index (χ0n) is 8.34. The van der Waals surface area contributed by atoms with Crippen molar-refractivity contribution in [3.63, 3.8) is 0 Å². The largest absolute Gasteiger partial charge is 0.762 e. The molecular formula is C8H3ClN5O3-. The Labute approximate surface area is 99.0 Å². The predicted octanol–water partition coefficient (Wildman–Crippen LogP) is 0.488. The first-order valence-electron chi connectivity index (χ1n) is 4.02. The van der Waals surface area contributed by atoms with Crippen LogP contribution in [0.3, 0.4) is 0 Å². The minimum absolute atomic E-state index is 0.551. The molecule has 0 saturated carbocycles. The van der Waals surface area contributed by atoms with Crippen molar-refractivity contribution in [2.75, 3.05) is 0 Å². The van der Waals surface area contributed by atoms with Gasteiger partial charge < -0.3 is 15.5 Å². The Kier molecular flexibility index (Phi) is 3.38. The molecule has 0 amide bonds. The molecule has 0 unspecified atom stereocenters. The maximum atomic E-state index is 11.4. The Bertz CT molecular complexity index is 650. The molecule has 0 aromatic carbocycles. The van der Waals surface area contributed by atoms with Gasteiger partial charge in [-0.3, -0.25) is 4.79 Å². The molecule has 9 heteroatoms. The molecule has 0 aliphatic heterocycles. The quantitative estimate of drug-likeness (QED) is 0.328. The number of rotatable bonds is 2. The van der Waals surface area contributed by atoms with Crippen LogP contribution in [0.4, 0.5) is 5.82 Å². The van der Waals surface area contributed by atoms with E-state index >= 15 is 0 Å². The van der Waals surface area contributed by atoms with Crippen molar-refractivity contribution in [3.8, 4) is 6.07 Å². The van der Waals surface area contributed by atoms with E-state index in [0.29, 0.717) is 4.68 Å². The second-order valence-electron chi connectivity index (χ2n) is 2.80. The van der Waals surface area contributed by atoms with Crippen LogP contribution in [0.15, 0.2) is 4.79 Å². The maximum absolute atomic E-state index is 11.4. The highest BCUT2D eigenvalue weighted by Crippen LogP contribution is 2.26. The van der Waals surface area contributed by atoms with Crippen LogP contribution >= 0.6 is 11.6 Å². The summed E-state index contributed by atoms with van der Waals surface area (Å²) < 4.78 is 0.663.